The molecule has 7 rings (SSSR count). The molecule has 3 fully saturated rings. The van der Waals surface area contributed by atoms with Crippen molar-refractivity contribution in [1.82, 2.24) is 14.8 Å². The van der Waals surface area contributed by atoms with Crippen molar-refractivity contribution in [3.8, 4) is 17.6 Å². The van der Waals surface area contributed by atoms with Gasteiger partial charge in [-0.05, 0) is 68.0 Å². The van der Waals surface area contributed by atoms with Gasteiger partial charge in [-0.1, -0.05) is 74.4 Å². The third-order valence-electron chi connectivity index (χ3n) is 12.0. The molecule has 2 saturated heterocycles. The van der Waals surface area contributed by atoms with Crippen LogP contribution in [-0.2, 0) is 22.7 Å². The fourth-order valence-corrected chi connectivity index (χ4v) is 8.59. The molecule has 1 aromatic heterocycles. The quantitative estimate of drug-likeness (QED) is 0.163. The molecule has 2 aliphatic heterocycles. The standard InChI is InChI=1S/C44H51ClN4O6/c1-42(2)36(33-9-4-3-5-10-33)11-8-14-44(42,55-29-43(15-16-43)28-48-18-13-35(50)26-48)30-54-40-21-39(53-27-32-19-31(22-46)23-47-24-32)34(20-37(40)45)25-49-17-7-6-12-38(49)41(51)52/h3-5,8-11,14,19-21,23-24,35,38,50H,6-7,12-13,15-18,25-30H2,1-2H3,(H,51,52)/t35-,38+,44?/m1/s1. The lowest BCUT2D eigenvalue weighted by Crippen LogP contribution is -2.53. The van der Waals surface area contributed by atoms with Crippen molar-refractivity contribution < 1.29 is 29.2 Å². The average molecular weight is 767 g/mol. The van der Waals surface area contributed by atoms with Crippen molar-refractivity contribution in [2.75, 3.05) is 39.4 Å². The van der Waals surface area contributed by atoms with E-state index >= 15 is 0 Å². The minimum atomic E-state index is -0.873. The van der Waals surface area contributed by atoms with Crippen LogP contribution in [0.2, 0.25) is 5.02 Å². The fraction of sp³-hybridized carbons (Fsp3) is 0.477. The largest absolute Gasteiger partial charge is 0.488 e. The van der Waals surface area contributed by atoms with Gasteiger partial charge in [-0.3, -0.25) is 14.7 Å². The summed E-state index contributed by atoms with van der Waals surface area (Å²) in [5.74, 6) is 0.100. The van der Waals surface area contributed by atoms with E-state index in [9.17, 15) is 20.3 Å². The van der Waals surface area contributed by atoms with Crippen molar-refractivity contribution >= 4 is 23.1 Å². The summed E-state index contributed by atoms with van der Waals surface area (Å²) in [6, 6.07) is 17.2. The Balaban J connectivity index is 1.18. The number of carboxylic acid groups (broad SMARTS) is 1. The van der Waals surface area contributed by atoms with Gasteiger partial charge in [0.05, 0.1) is 23.3 Å². The molecule has 2 N–H and O–H groups in total. The second kappa shape index (κ2) is 16.5. The van der Waals surface area contributed by atoms with Gasteiger partial charge in [-0.2, -0.15) is 5.26 Å². The minimum Gasteiger partial charge on any atom is -0.488 e. The van der Waals surface area contributed by atoms with Crippen molar-refractivity contribution in [3.05, 3.63) is 106 Å². The number of aliphatic hydroxyl groups excluding tert-OH is 1. The van der Waals surface area contributed by atoms with Crippen LogP contribution in [0.15, 0.2) is 79.2 Å². The summed E-state index contributed by atoms with van der Waals surface area (Å²) in [6.45, 7) is 8.76. The fourth-order valence-electron chi connectivity index (χ4n) is 8.35. The molecule has 1 unspecified atom stereocenters. The van der Waals surface area contributed by atoms with E-state index in [1.54, 1.807) is 18.3 Å². The maximum Gasteiger partial charge on any atom is 0.320 e. The number of hydrogen-bond acceptors (Lipinski definition) is 9. The number of benzene rings is 2. The van der Waals surface area contributed by atoms with Gasteiger partial charge in [0.1, 0.15) is 42.4 Å². The summed E-state index contributed by atoms with van der Waals surface area (Å²) in [6.07, 6.45) is 14.5. The maximum absolute atomic E-state index is 12.2. The zero-order chi connectivity index (χ0) is 38.6. The Morgan fingerprint density at radius 1 is 1.04 bits per heavy atom. The van der Waals surface area contributed by atoms with Crippen LogP contribution < -0.4 is 9.47 Å². The summed E-state index contributed by atoms with van der Waals surface area (Å²) in [5.41, 5.74) is 2.79. The Kier molecular flexibility index (Phi) is 11.7. The van der Waals surface area contributed by atoms with Crippen molar-refractivity contribution in [2.45, 2.75) is 83.3 Å². The number of rotatable bonds is 15. The summed E-state index contributed by atoms with van der Waals surface area (Å²) in [7, 11) is 0. The van der Waals surface area contributed by atoms with Gasteiger partial charge in [0.15, 0.2) is 0 Å². The molecular formula is C44H51ClN4O6. The van der Waals surface area contributed by atoms with E-state index in [1.807, 2.05) is 29.2 Å². The molecule has 10 nitrogen and oxygen atoms in total. The number of halogens is 1. The number of aliphatic hydroxyl groups is 1. The first-order chi connectivity index (χ1) is 26.5. The van der Waals surface area contributed by atoms with E-state index < -0.39 is 23.0 Å². The first-order valence-electron chi connectivity index (χ1n) is 19.4. The molecule has 0 radical (unpaired) electrons. The van der Waals surface area contributed by atoms with Crippen LogP contribution in [0.3, 0.4) is 0 Å². The summed E-state index contributed by atoms with van der Waals surface area (Å²) in [4.78, 5) is 20.7. The Morgan fingerprint density at radius 3 is 2.58 bits per heavy atom. The molecule has 290 valence electrons. The van der Waals surface area contributed by atoms with Crippen molar-refractivity contribution in [1.29, 1.82) is 5.26 Å². The number of β-amino-alcohol motifs (C(OH)–C–C–N with tert-alkyl or cyclic N) is 1. The first kappa shape index (κ1) is 39.0. The third kappa shape index (κ3) is 8.77. The number of carboxylic acids is 1. The van der Waals surface area contributed by atoms with E-state index in [0.717, 1.165) is 67.5 Å². The zero-order valence-electron chi connectivity index (χ0n) is 31.8. The topological polar surface area (TPSA) is 128 Å². The molecule has 55 heavy (non-hydrogen) atoms. The predicted molar refractivity (Wildman–Crippen MR) is 211 cm³/mol. The number of aliphatic carboxylic acids is 1. The number of carbonyl (C=O) groups is 1. The highest BCUT2D eigenvalue weighted by molar-refractivity contribution is 6.32. The van der Waals surface area contributed by atoms with Gasteiger partial charge in [0.25, 0.3) is 0 Å². The van der Waals surface area contributed by atoms with E-state index in [4.69, 9.17) is 25.8 Å². The molecule has 2 aromatic carbocycles. The lowest BCUT2D eigenvalue weighted by Gasteiger charge is -2.48. The molecule has 0 amide bonds. The number of ether oxygens (including phenoxy) is 3. The normalized spacial score (nSPS) is 24.5. The van der Waals surface area contributed by atoms with Gasteiger partial charge in [0.2, 0.25) is 0 Å². The van der Waals surface area contributed by atoms with Crippen LogP contribution in [0.1, 0.15) is 74.6 Å². The molecule has 11 heteroatoms. The first-order valence-corrected chi connectivity index (χ1v) is 19.8. The SMILES string of the molecule is CC1(C)C(c2ccccc2)=CC=CC1(COc1cc(OCc2cncc(C#N)c2)c(CN2CCCC[C@H]2C(=O)O)cc1Cl)OCC1(CN2CC[C@@H](O)C2)CC1. The van der Waals surface area contributed by atoms with Gasteiger partial charge in [-0.25, -0.2) is 0 Å². The number of aromatic nitrogens is 1. The molecule has 3 aromatic rings. The second-order valence-electron chi connectivity index (χ2n) is 16.3. The third-order valence-corrected chi connectivity index (χ3v) is 12.3. The van der Waals surface area contributed by atoms with Gasteiger partial charge >= 0.3 is 5.97 Å². The summed E-state index contributed by atoms with van der Waals surface area (Å²) in [5, 5.41) is 30.0. The number of allylic oxidation sites excluding steroid dienone is 2. The van der Waals surface area contributed by atoms with Crippen LogP contribution in [0.5, 0.6) is 11.5 Å². The van der Waals surface area contributed by atoms with Gasteiger partial charge in [0, 0.05) is 66.6 Å². The highest BCUT2D eigenvalue weighted by atomic mass is 35.5. The Labute approximate surface area is 329 Å². The molecule has 1 saturated carbocycles. The Bertz CT molecular complexity index is 1960. The molecule has 4 aliphatic rings. The lowest BCUT2D eigenvalue weighted by atomic mass is 9.65. The van der Waals surface area contributed by atoms with Crippen LogP contribution >= 0.6 is 11.6 Å². The van der Waals surface area contributed by atoms with E-state index in [2.05, 4.69) is 60.2 Å². The summed E-state index contributed by atoms with van der Waals surface area (Å²) < 4.78 is 20.3. The summed E-state index contributed by atoms with van der Waals surface area (Å²) >= 11 is 7.04. The molecule has 0 spiro atoms. The van der Waals surface area contributed by atoms with Crippen LogP contribution in [0, 0.1) is 22.2 Å². The number of hydrogen-bond donors (Lipinski definition) is 2. The highest BCUT2D eigenvalue weighted by Crippen LogP contribution is 2.53. The van der Waals surface area contributed by atoms with Crippen molar-refractivity contribution in [3.63, 3.8) is 0 Å². The smallest absolute Gasteiger partial charge is 0.320 e. The van der Waals surface area contributed by atoms with Gasteiger partial charge in [-0.15, -0.1) is 0 Å². The number of pyridine rings is 1. The predicted octanol–water partition coefficient (Wildman–Crippen LogP) is 7.29. The zero-order valence-corrected chi connectivity index (χ0v) is 32.5. The number of likely N-dealkylation sites (tertiary alicyclic amines) is 2. The maximum atomic E-state index is 12.2. The molecule has 3 atom stereocenters. The number of piperidine rings is 1. The Morgan fingerprint density at radius 2 is 1.85 bits per heavy atom. The van der Waals surface area contributed by atoms with E-state index in [0.29, 0.717) is 54.7 Å². The van der Waals surface area contributed by atoms with Crippen LogP contribution in [0.4, 0.5) is 0 Å². The number of nitriles is 1. The van der Waals surface area contributed by atoms with E-state index in [-0.39, 0.29) is 24.7 Å². The molecule has 2 aliphatic carbocycles. The highest BCUT2D eigenvalue weighted by Gasteiger charge is 2.53. The Hall–Kier alpha value is -4.24. The van der Waals surface area contributed by atoms with Gasteiger partial charge < -0.3 is 29.3 Å². The lowest BCUT2D eigenvalue weighted by molar-refractivity contribution is -0.144. The molecular weight excluding hydrogens is 716 g/mol. The number of nitrogens with zero attached hydrogens (tertiary/aromatic N) is 4. The second-order valence-corrected chi connectivity index (χ2v) is 16.7. The van der Waals surface area contributed by atoms with Crippen LogP contribution in [-0.4, -0.2) is 88.1 Å². The molecule has 0 bridgehead atoms. The molecule has 3 heterocycles. The average Bonchev–Trinajstić information content (AvgIpc) is 3.83. The van der Waals surface area contributed by atoms with Crippen molar-refractivity contribution in [2.24, 2.45) is 10.8 Å². The van der Waals surface area contributed by atoms with Crippen LogP contribution in [0.25, 0.3) is 5.57 Å². The minimum absolute atomic E-state index is 0.0231. The monoisotopic (exact) mass is 766 g/mol. The van der Waals surface area contributed by atoms with E-state index in [1.165, 1.54) is 6.20 Å².